The molecule has 0 fully saturated rings. The molecular formula is C18H14ClNO2SSe. The molecule has 0 saturated heterocycles. The molecule has 0 amide bonds. The SMILES string of the molecule is COC(=O)c1ccccc1SCc1c[se]c(-c2ccc(Cl)cc2)n1. The summed E-state index contributed by atoms with van der Waals surface area (Å²) in [4.78, 5) is 19.6. The fraction of sp³-hybridized carbons (Fsp3) is 0.111. The second kappa shape index (κ2) is 8.04. The molecule has 0 aliphatic carbocycles. The second-order valence-electron chi connectivity index (χ2n) is 4.93. The van der Waals surface area contributed by atoms with Crippen LogP contribution in [0.5, 0.6) is 0 Å². The van der Waals surface area contributed by atoms with Crippen molar-refractivity contribution in [2.24, 2.45) is 0 Å². The van der Waals surface area contributed by atoms with Crippen LogP contribution in [0.15, 0.2) is 58.4 Å². The Kier molecular flexibility index (Phi) is 5.80. The Morgan fingerprint density at radius 2 is 1.96 bits per heavy atom. The van der Waals surface area contributed by atoms with Crippen molar-refractivity contribution >= 4 is 43.8 Å². The molecule has 3 aromatic rings. The van der Waals surface area contributed by atoms with E-state index < -0.39 is 0 Å². The number of benzene rings is 2. The summed E-state index contributed by atoms with van der Waals surface area (Å²) in [5.41, 5.74) is 2.76. The van der Waals surface area contributed by atoms with Gasteiger partial charge >= 0.3 is 156 Å². The quantitative estimate of drug-likeness (QED) is 0.344. The number of ether oxygens (including phenoxy) is 1. The van der Waals surface area contributed by atoms with Gasteiger partial charge in [0.1, 0.15) is 0 Å². The summed E-state index contributed by atoms with van der Waals surface area (Å²) in [7, 11) is 1.40. The van der Waals surface area contributed by atoms with Crippen molar-refractivity contribution in [2.75, 3.05) is 7.11 Å². The van der Waals surface area contributed by atoms with Crippen LogP contribution < -0.4 is 0 Å². The third-order valence-corrected chi connectivity index (χ3v) is 6.64. The number of thioether (sulfide) groups is 1. The molecule has 0 aliphatic rings. The number of hydrogen-bond acceptors (Lipinski definition) is 4. The zero-order chi connectivity index (χ0) is 16.9. The van der Waals surface area contributed by atoms with Gasteiger partial charge in [-0.3, -0.25) is 0 Å². The monoisotopic (exact) mass is 423 g/mol. The number of rotatable bonds is 5. The molecule has 0 radical (unpaired) electrons. The minimum atomic E-state index is -0.312. The van der Waals surface area contributed by atoms with Crippen molar-refractivity contribution in [3.05, 3.63) is 69.8 Å². The van der Waals surface area contributed by atoms with E-state index in [2.05, 4.69) is 4.94 Å². The molecule has 0 saturated carbocycles. The van der Waals surface area contributed by atoms with Crippen molar-refractivity contribution in [1.82, 2.24) is 4.98 Å². The first-order valence-corrected chi connectivity index (χ1v) is 10.4. The van der Waals surface area contributed by atoms with Gasteiger partial charge in [0.05, 0.1) is 0 Å². The van der Waals surface area contributed by atoms with Crippen molar-refractivity contribution in [2.45, 2.75) is 10.6 Å². The first kappa shape index (κ1) is 17.3. The van der Waals surface area contributed by atoms with Crippen LogP contribution in [0.4, 0.5) is 0 Å². The van der Waals surface area contributed by atoms with Gasteiger partial charge in [-0.1, -0.05) is 0 Å². The first-order chi connectivity index (χ1) is 11.7. The summed E-state index contributed by atoms with van der Waals surface area (Å²) in [6.07, 6.45) is 0. The van der Waals surface area contributed by atoms with Gasteiger partial charge < -0.3 is 0 Å². The summed E-state index contributed by atoms with van der Waals surface area (Å²) < 4.78 is 5.94. The predicted octanol–water partition coefficient (Wildman–Crippen LogP) is 4.54. The molecule has 1 heterocycles. The van der Waals surface area contributed by atoms with Crippen LogP contribution in [0.1, 0.15) is 16.1 Å². The van der Waals surface area contributed by atoms with Crippen LogP contribution in [0, 0.1) is 0 Å². The average molecular weight is 423 g/mol. The Morgan fingerprint density at radius 1 is 1.21 bits per heavy atom. The number of hydrogen-bond donors (Lipinski definition) is 0. The number of nitrogens with zero attached hydrogens (tertiary/aromatic N) is 1. The van der Waals surface area contributed by atoms with Crippen LogP contribution >= 0.6 is 23.4 Å². The Morgan fingerprint density at radius 3 is 2.71 bits per heavy atom. The zero-order valence-corrected chi connectivity index (χ0v) is 16.1. The maximum absolute atomic E-state index is 11.8. The van der Waals surface area contributed by atoms with Gasteiger partial charge in [-0.2, -0.15) is 0 Å². The van der Waals surface area contributed by atoms with E-state index in [0.717, 1.165) is 31.5 Å². The van der Waals surface area contributed by atoms with Crippen LogP contribution in [0.3, 0.4) is 0 Å². The summed E-state index contributed by atoms with van der Waals surface area (Å²) in [6.45, 7) is 0. The zero-order valence-electron chi connectivity index (χ0n) is 12.9. The first-order valence-electron chi connectivity index (χ1n) is 7.18. The maximum atomic E-state index is 11.8. The molecule has 0 unspecified atom stereocenters. The van der Waals surface area contributed by atoms with Crippen LogP contribution in [-0.2, 0) is 10.5 Å². The van der Waals surface area contributed by atoms with E-state index in [9.17, 15) is 4.79 Å². The second-order valence-corrected chi connectivity index (χ2v) is 8.18. The van der Waals surface area contributed by atoms with Gasteiger partial charge in [0, 0.05) is 0 Å². The molecule has 6 heteroatoms. The number of esters is 1. The van der Waals surface area contributed by atoms with E-state index in [1.807, 2.05) is 42.5 Å². The molecule has 122 valence electrons. The molecule has 0 spiro atoms. The van der Waals surface area contributed by atoms with Gasteiger partial charge in [-0.05, 0) is 0 Å². The van der Waals surface area contributed by atoms with Gasteiger partial charge in [0.15, 0.2) is 0 Å². The molecule has 3 rings (SSSR count). The number of halogens is 1. The Balaban J connectivity index is 1.72. The standard InChI is InChI=1S/C18H14ClNO2SSe/c1-22-18(21)15-4-2-3-5-16(15)23-10-14-11-24-17(20-14)12-6-8-13(19)9-7-12/h2-9,11H,10H2,1H3. The third-order valence-electron chi connectivity index (χ3n) is 3.31. The Bertz CT molecular complexity index is 848. The normalized spacial score (nSPS) is 10.6. The van der Waals surface area contributed by atoms with E-state index >= 15 is 0 Å². The predicted molar refractivity (Wildman–Crippen MR) is 99.0 cm³/mol. The third kappa shape index (κ3) is 4.11. The molecule has 2 aromatic carbocycles. The van der Waals surface area contributed by atoms with Crippen LogP contribution in [0.2, 0.25) is 5.02 Å². The van der Waals surface area contributed by atoms with E-state index in [-0.39, 0.29) is 20.5 Å². The topological polar surface area (TPSA) is 39.2 Å². The number of carbonyl (C=O) groups excluding carboxylic acids is 1. The van der Waals surface area contributed by atoms with Gasteiger partial charge in [0.2, 0.25) is 0 Å². The molecule has 0 N–H and O–H groups in total. The van der Waals surface area contributed by atoms with E-state index in [1.54, 1.807) is 17.8 Å². The fourth-order valence-corrected chi connectivity index (χ4v) is 5.15. The number of methoxy groups -OCH3 is 1. The minimum absolute atomic E-state index is 0.228. The molecular weight excluding hydrogens is 409 g/mol. The molecule has 0 aliphatic heterocycles. The fourth-order valence-electron chi connectivity index (χ4n) is 2.12. The summed E-state index contributed by atoms with van der Waals surface area (Å²) in [5, 5.41) is 0.730. The van der Waals surface area contributed by atoms with E-state index in [0.29, 0.717) is 5.56 Å². The molecule has 0 bridgehead atoms. The van der Waals surface area contributed by atoms with Crippen molar-refractivity contribution in [3.63, 3.8) is 0 Å². The summed E-state index contributed by atoms with van der Waals surface area (Å²) in [5.74, 6) is 0.417. The average Bonchev–Trinajstić information content (AvgIpc) is 3.09. The molecule has 1 aromatic heterocycles. The Hall–Kier alpha value is -1.52. The van der Waals surface area contributed by atoms with Gasteiger partial charge in [-0.25, -0.2) is 0 Å². The molecule has 0 atom stereocenters. The molecule has 3 nitrogen and oxygen atoms in total. The van der Waals surface area contributed by atoms with Gasteiger partial charge in [-0.15, -0.1) is 0 Å². The van der Waals surface area contributed by atoms with Crippen LogP contribution in [0.25, 0.3) is 10.1 Å². The van der Waals surface area contributed by atoms with Crippen LogP contribution in [-0.4, -0.2) is 32.6 Å². The number of aromatic nitrogens is 1. The Labute approximate surface area is 155 Å². The van der Waals surface area contributed by atoms with Gasteiger partial charge in [0.25, 0.3) is 0 Å². The van der Waals surface area contributed by atoms with Crippen molar-refractivity contribution in [3.8, 4) is 10.1 Å². The molecule has 24 heavy (non-hydrogen) atoms. The summed E-state index contributed by atoms with van der Waals surface area (Å²) in [6, 6.07) is 15.2. The summed E-state index contributed by atoms with van der Waals surface area (Å²) >= 11 is 7.76. The van der Waals surface area contributed by atoms with Crippen molar-refractivity contribution in [1.29, 1.82) is 0 Å². The van der Waals surface area contributed by atoms with Crippen molar-refractivity contribution < 1.29 is 9.53 Å². The van der Waals surface area contributed by atoms with E-state index in [4.69, 9.17) is 21.3 Å². The van der Waals surface area contributed by atoms with E-state index in [1.165, 1.54) is 7.11 Å². The number of carbonyl (C=O) groups is 1.